The van der Waals surface area contributed by atoms with E-state index in [1.54, 1.807) is 26.4 Å². The van der Waals surface area contributed by atoms with Crippen molar-refractivity contribution in [1.82, 2.24) is 4.98 Å². The van der Waals surface area contributed by atoms with Crippen molar-refractivity contribution >= 4 is 23.3 Å². The first-order chi connectivity index (χ1) is 11.1. The molecule has 0 unspecified atom stereocenters. The summed E-state index contributed by atoms with van der Waals surface area (Å²) in [4.78, 5) is 3.38. The molecule has 3 rings (SSSR count). The number of aromatic nitrogens is 1. The summed E-state index contributed by atoms with van der Waals surface area (Å²) < 4.78 is 16.7. The minimum atomic E-state index is -0.0961. The third kappa shape index (κ3) is 2.60. The van der Waals surface area contributed by atoms with Crippen LogP contribution in [0, 0.1) is 11.8 Å². The fourth-order valence-corrected chi connectivity index (χ4v) is 2.87. The molecule has 0 fully saturated rings. The van der Waals surface area contributed by atoms with Gasteiger partial charge in [-0.2, -0.15) is 0 Å². The minimum Gasteiger partial charge on any atom is -0.496 e. The van der Waals surface area contributed by atoms with E-state index in [9.17, 15) is 5.11 Å². The second-order valence-electron chi connectivity index (χ2n) is 5.18. The summed E-state index contributed by atoms with van der Waals surface area (Å²) >= 11 is 5.13. The highest BCUT2D eigenvalue weighted by Gasteiger charge is 2.19. The standard InChI is InChI=1S/C17H17NO4S/c1-9-4-5-11(16-15(9)18-17(23)22-16)14-12(20-2)6-10(8-19)7-13(14)21-3/h4-7,19H,8H2,1-3H3,(H,18,23). The van der Waals surface area contributed by atoms with Crippen LogP contribution < -0.4 is 9.47 Å². The third-order valence-electron chi connectivity index (χ3n) is 3.81. The quantitative estimate of drug-likeness (QED) is 0.708. The molecule has 1 aromatic heterocycles. The molecule has 0 saturated heterocycles. The molecule has 0 atom stereocenters. The van der Waals surface area contributed by atoms with E-state index in [2.05, 4.69) is 4.98 Å². The van der Waals surface area contributed by atoms with Gasteiger partial charge in [-0.1, -0.05) is 6.07 Å². The lowest BCUT2D eigenvalue weighted by molar-refractivity contribution is 0.280. The zero-order valence-electron chi connectivity index (χ0n) is 13.1. The van der Waals surface area contributed by atoms with Crippen molar-refractivity contribution < 1.29 is 19.0 Å². The van der Waals surface area contributed by atoms with E-state index < -0.39 is 0 Å². The summed E-state index contributed by atoms with van der Waals surface area (Å²) in [6.07, 6.45) is 0. The van der Waals surface area contributed by atoms with Gasteiger partial charge >= 0.3 is 0 Å². The zero-order chi connectivity index (χ0) is 16.6. The molecule has 0 bridgehead atoms. The molecule has 0 amide bonds. The molecule has 2 aromatic carbocycles. The van der Waals surface area contributed by atoms with Crippen LogP contribution in [0.3, 0.4) is 0 Å². The lowest BCUT2D eigenvalue weighted by atomic mass is 9.99. The topological polar surface area (TPSA) is 67.6 Å². The molecule has 6 heteroatoms. The van der Waals surface area contributed by atoms with E-state index in [4.69, 9.17) is 26.1 Å². The highest BCUT2D eigenvalue weighted by atomic mass is 32.1. The first kappa shape index (κ1) is 15.6. The SMILES string of the molecule is COc1cc(CO)cc(OC)c1-c1ccc(C)c2[nH]c(=S)oc12. The van der Waals surface area contributed by atoms with Gasteiger partial charge in [0.25, 0.3) is 4.84 Å². The van der Waals surface area contributed by atoms with Crippen molar-refractivity contribution in [2.75, 3.05) is 14.2 Å². The van der Waals surface area contributed by atoms with Gasteiger partial charge < -0.3 is 24.0 Å². The second kappa shape index (κ2) is 6.06. The fraction of sp³-hybridized carbons (Fsp3) is 0.235. The number of hydrogen-bond acceptors (Lipinski definition) is 5. The van der Waals surface area contributed by atoms with Crippen LogP contribution in [0.2, 0.25) is 0 Å². The number of oxazole rings is 1. The van der Waals surface area contributed by atoms with Crippen LogP contribution in [0.5, 0.6) is 11.5 Å². The molecule has 1 heterocycles. The monoisotopic (exact) mass is 331 g/mol. The molecular formula is C17H17NO4S. The van der Waals surface area contributed by atoms with Crippen LogP contribution in [-0.4, -0.2) is 24.3 Å². The lowest BCUT2D eigenvalue weighted by Gasteiger charge is -2.15. The number of hydrogen-bond donors (Lipinski definition) is 2. The Kier molecular flexibility index (Phi) is 4.11. The summed E-state index contributed by atoms with van der Waals surface area (Å²) in [6, 6.07) is 7.50. The van der Waals surface area contributed by atoms with Gasteiger partial charge in [0.1, 0.15) is 11.5 Å². The van der Waals surface area contributed by atoms with Crippen molar-refractivity contribution in [2.24, 2.45) is 0 Å². The normalized spacial score (nSPS) is 11.0. The Morgan fingerprint density at radius 2 is 1.83 bits per heavy atom. The molecule has 0 radical (unpaired) electrons. The number of methoxy groups -OCH3 is 2. The van der Waals surface area contributed by atoms with Crippen molar-refractivity contribution in [1.29, 1.82) is 0 Å². The fourth-order valence-electron chi connectivity index (χ4n) is 2.68. The molecule has 5 nitrogen and oxygen atoms in total. The van der Waals surface area contributed by atoms with Crippen LogP contribution in [0.25, 0.3) is 22.2 Å². The van der Waals surface area contributed by atoms with Crippen molar-refractivity contribution in [3.63, 3.8) is 0 Å². The Morgan fingerprint density at radius 1 is 1.17 bits per heavy atom. The number of aromatic amines is 1. The molecule has 23 heavy (non-hydrogen) atoms. The van der Waals surface area contributed by atoms with E-state index in [0.29, 0.717) is 27.5 Å². The molecule has 0 aliphatic heterocycles. The maximum absolute atomic E-state index is 9.40. The maximum atomic E-state index is 9.40. The third-order valence-corrected chi connectivity index (χ3v) is 3.99. The van der Waals surface area contributed by atoms with Gasteiger partial charge in [0.15, 0.2) is 5.58 Å². The van der Waals surface area contributed by atoms with E-state index in [0.717, 1.165) is 22.2 Å². The summed E-state index contributed by atoms with van der Waals surface area (Å²) in [5, 5.41) is 9.40. The van der Waals surface area contributed by atoms with Crippen LogP contribution in [0.1, 0.15) is 11.1 Å². The van der Waals surface area contributed by atoms with Crippen LogP contribution in [-0.2, 0) is 6.61 Å². The summed E-state index contributed by atoms with van der Waals surface area (Å²) in [5.41, 5.74) is 4.83. The molecule has 0 spiro atoms. The molecule has 0 aliphatic rings. The number of aryl methyl sites for hydroxylation is 1. The number of benzene rings is 2. The number of aliphatic hydroxyl groups is 1. The number of nitrogens with one attached hydrogen (secondary N) is 1. The predicted octanol–water partition coefficient (Wildman–Crippen LogP) is 3.98. The number of ether oxygens (including phenoxy) is 2. The Hall–Kier alpha value is -2.31. The van der Waals surface area contributed by atoms with Crippen LogP contribution in [0.4, 0.5) is 0 Å². The van der Waals surface area contributed by atoms with Gasteiger partial charge in [-0.05, 0) is 48.5 Å². The van der Waals surface area contributed by atoms with Crippen molar-refractivity contribution in [3.05, 3.63) is 40.2 Å². The lowest BCUT2D eigenvalue weighted by Crippen LogP contribution is -1.97. The first-order valence-corrected chi connectivity index (χ1v) is 7.48. The zero-order valence-corrected chi connectivity index (χ0v) is 13.9. The number of rotatable bonds is 4. The van der Waals surface area contributed by atoms with Gasteiger partial charge in [-0.3, -0.25) is 0 Å². The van der Waals surface area contributed by atoms with E-state index in [1.807, 2.05) is 19.1 Å². The van der Waals surface area contributed by atoms with Crippen LogP contribution in [0.15, 0.2) is 28.7 Å². The van der Waals surface area contributed by atoms with Gasteiger partial charge in [0, 0.05) is 5.56 Å². The Bertz CT molecular complexity index is 901. The smallest absolute Gasteiger partial charge is 0.266 e. The van der Waals surface area contributed by atoms with E-state index in [1.165, 1.54) is 0 Å². The number of aliphatic hydroxyl groups excluding tert-OH is 1. The van der Waals surface area contributed by atoms with Crippen LogP contribution >= 0.6 is 12.2 Å². The maximum Gasteiger partial charge on any atom is 0.266 e. The second-order valence-corrected chi connectivity index (χ2v) is 5.55. The van der Waals surface area contributed by atoms with E-state index >= 15 is 0 Å². The largest absolute Gasteiger partial charge is 0.496 e. The number of H-pyrrole nitrogens is 1. The highest BCUT2D eigenvalue weighted by molar-refractivity contribution is 7.71. The van der Waals surface area contributed by atoms with Gasteiger partial charge in [0.2, 0.25) is 0 Å². The summed E-state index contributed by atoms with van der Waals surface area (Å²) in [5.74, 6) is 1.20. The molecule has 0 aliphatic carbocycles. The Labute approximate surface area is 138 Å². The molecule has 120 valence electrons. The van der Waals surface area contributed by atoms with Gasteiger partial charge in [-0.15, -0.1) is 0 Å². The molecule has 2 N–H and O–H groups in total. The molecule has 3 aromatic rings. The minimum absolute atomic E-state index is 0.0961. The Morgan fingerprint density at radius 3 is 2.39 bits per heavy atom. The average molecular weight is 331 g/mol. The first-order valence-electron chi connectivity index (χ1n) is 7.07. The Balaban J connectivity index is 2.39. The predicted molar refractivity (Wildman–Crippen MR) is 90.6 cm³/mol. The molecule has 0 saturated carbocycles. The van der Waals surface area contributed by atoms with Gasteiger partial charge in [-0.25, -0.2) is 0 Å². The van der Waals surface area contributed by atoms with Crippen molar-refractivity contribution in [3.8, 4) is 22.6 Å². The van der Waals surface area contributed by atoms with E-state index in [-0.39, 0.29) is 6.61 Å². The molecular weight excluding hydrogens is 314 g/mol. The number of fused-ring (bicyclic) bond motifs is 1. The van der Waals surface area contributed by atoms with Gasteiger partial charge in [0.05, 0.1) is 31.9 Å². The average Bonchev–Trinajstić information content (AvgIpc) is 2.96. The summed E-state index contributed by atoms with van der Waals surface area (Å²) in [6.45, 7) is 1.89. The highest BCUT2D eigenvalue weighted by Crippen LogP contribution is 2.43. The van der Waals surface area contributed by atoms with Crippen molar-refractivity contribution in [2.45, 2.75) is 13.5 Å². The summed E-state index contributed by atoms with van der Waals surface area (Å²) in [7, 11) is 3.16.